The first-order chi connectivity index (χ1) is 7.24. The van der Waals surface area contributed by atoms with Crippen LogP contribution >= 0.6 is 11.8 Å². The molecule has 0 saturated heterocycles. The lowest BCUT2D eigenvalue weighted by molar-refractivity contribution is -0.120. The van der Waals surface area contributed by atoms with E-state index in [4.69, 9.17) is 4.74 Å². The van der Waals surface area contributed by atoms with Crippen LogP contribution in [0.25, 0.3) is 0 Å². The molecule has 2 N–H and O–H groups in total. The first-order valence-corrected chi connectivity index (χ1v) is 6.61. The molecule has 4 nitrogen and oxygen atoms in total. The van der Waals surface area contributed by atoms with Crippen molar-refractivity contribution in [1.82, 2.24) is 10.6 Å². The van der Waals surface area contributed by atoms with Crippen molar-refractivity contribution in [3.63, 3.8) is 0 Å². The number of carbonyl (C=O) groups excluding carboxylic acids is 1. The van der Waals surface area contributed by atoms with Gasteiger partial charge in [0, 0.05) is 25.4 Å². The van der Waals surface area contributed by atoms with Gasteiger partial charge in [-0.05, 0) is 12.7 Å². The third-order valence-electron chi connectivity index (χ3n) is 1.99. The summed E-state index contributed by atoms with van der Waals surface area (Å²) < 4.78 is 4.87. The summed E-state index contributed by atoms with van der Waals surface area (Å²) in [7, 11) is 1.65. The highest BCUT2D eigenvalue weighted by Gasteiger charge is 2.08. The predicted molar refractivity (Wildman–Crippen MR) is 65.3 cm³/mol. The zero-order chi connectivity index (χ0) is 11.5. The fourth-order valence-corrected chi connectivity index (χ4v) is 1.84. The summed E-state index contributed by atoms with van der Waals surface area (Å²) in [5, 5.41) is 6.00. The van der Waals surface area contributed by atoms with Crippen molar-refractivity contribution >= 4 is 17.7 Å². The molecule has 0 aliphatic rings. The molecule has 0 aromatic carbocycles. The highest BCUT2D eigenvalue weighted by molar-refractivity contribution is 7.98. The van der Waals surface area contributed by atoms with Crippen LogP contribution in [0.3, 0.4) is 0 Å². The van der Waals surface area contributed by atoms with E-state index in [2.05, 4.69) is 17.6 Å². The van der Waals surface area contributed by atoms with E-state index in [0.29, 0.717) is 19.7 Å². The molecule has 0 aromatic heterocycles. The summed E-state index contributed by atoms with van der Waals surface area (Å²) in [6.07, 6.45) is 3.02. The molecule has 1 unspecified atom stereocenters. The molecule has 90 valence electrons. The van der Waals surface area contributed by atoms with Crippen molar-refractivity contribution in [2.45, 2.75) is 19.4 Å². The first kappa shape index (κ1) is 14.7. The molecule has 0 spiro atoms. The molecule has 0 aliphatic heterocycles. The second-order valence-electron chi connectivity index (χ2n) is 3.30. The fourth-order valence-electron chi connectivity index (χ4n) is 1.12. The van der Waals surface area contributed by atoms with Gasteiger partial charge in [-0.25, -0.2) is 0 Å². The number of ether oxygens (including phenoxy) is 1. The van der Waals surface area contributed by atoms with Crippen LogP contribution in [0.2, 0.25) is 0 Å². The summed E-state index contributed by atoms with van der Waals surface area (Å²) in [5.41, 5.74) is 0. The van der Waals surface area contributed by atoms with Crippen LogP contribution in [0.5, 0.6) is 0 Å². The van der Waals surface area contributed by atoms with Gasteiger partial charge in [0.2, 0.25) is 5.91 Å². The Labute approximate surface area is 96.5 Å². The van der Waals surface area contributed by atoms with Crippen LogP contribution in [0.15, 0.2) is 0 Å². The van der Waals surface area contributed by atoms with Crippen molar-refractivity contribution in [2.75, 3.05) is 38.8 Å². The maximum atomic E-state index is 11.4. The smallest absolute Gasteiger partial charge is 0.234 e. The maximum absolute atomic E-state index is 11.4. The largest absolute Gasteiger partial charge is 0.383 e. The van der Waals surface area contributed by atoms with Gasteiger partial charge >= 0.3 is 0 Å². The lowest BCUT2D eigenvalue weighted by Crippen LogP contribution is -2.41. The van der Waals surface area contributed by atoms with Crippen molar-refractivity contribution in [1.29, 1.82) is 0 Å². The first-order valence-electron chi connectivity index (χ1n) is 5.22. The highest BCUT2D eigenvalue weighted by Crippen LogP contribution is 2.00. The summed E-state index contributed by atoms with van der Waals surface area (Å²) in [6.45, 7) is 3.80. The van der Waals surface area contributed by atoms with Crippen molar-refractivity contribution in [3.8, 4) is 0 Å². The monoisotopic (exact) mass is 234 g/mol. The Morgan fingerprint density at radius 1 is 1.53 bits per heavy atom. The number of hydrogen-bond acceptors (Lipinski definition) is 4. The quantitative estimate of drug-likeness (QED) is 0.570. The molecule has 0 bridgehead atoms. The second-order valence-corrected chi connectivity index (χ2v) is 4.21. The number of rotatable bonds is 9. The minimum atomic E-state index is 0.0620. The van der Waals surface area contributed by atoms with Crippen LogP contribution in [0.4, 0.5) is 0 Å². The van der Waals surface area contributed by atoms with Gasteiger partial charge in [-0.1, -0.05) is 6.92 Å². The minimum absolute atomic E-state index is 0.0620. The van der Waals surface area contributed by atoms with Crippen LogP contribution in [0.1, 0.15) is 13.3 Å². The molecule has 1 amide bonds. The third-order valence-corrected chi connectivity index (χ3v) is 2.73. The molecule has 0 heterocycles. The summed E-state index contributed by atoms with van der Waals surface area (Å²) in [4.78, 5) is 11.4. The molecule has 0 saturated carbocycles. The fraction of sp³-hybridized carbons (Fsp3) is 0.900. The maximum Gasteiger partial charge on any atom is 0.234 e. The van der Waals surface area contributed by atoms with E-state index in [9.17, 15) is 4.79 Å². The molecule has 5 heteroatoms. The molecule has 0 radical (unpaired) electrons. The predicted octanol–water partition coefficient (Wildman–Crippen LogP) is 0.480. The summed E-state index contributed by atoms with van der Waals surface area (Å²) >= 11 is 1.75. The lowest BCUT2D eigenvalue weighted by Gasteiger charge is -2.15. The van der Waals surface area contributed by atoms with Crippen LogP contribution in [-0.2, 0) is 9.53 Å². The minimum Gasteiger partial charge on any atom is -0.383 e. The highest BCUT2D eigenvalue weighted by atomic mass is 32.2. The van der Waals surface area contributed by atoms with E-state index in [0.717, 1.165) is 12.2 Å². The van der Waals surface area contributed by atoms with Crippen molar-refractivity contribution in [2.24, 2.45) is 0 Å². The number of hydrogen-bond donors (Lipinski definition) is 2. The Kier molecular flexibility index (Phi) is 10.1. The Morgan fingerprint density at radius 2 is 2.27 bits per heavy atom. The van der Waals surface area contributed by atoms with Gasteiger partial charge in [0.25, 0.3) is 0 Å². The number of amides is 1. The number of nitrogens with one attached hydrogen (secondary N) is 2. The van der Waals surface area contributed by atoms with Crippen molar-refractivity contribution < 1.29 is 9.53 Å². The van der Waals surface area contributed by atoms with Gasteiger partial charge in [-0.15, -0.1) is 0 Å². The average Bonchev–Trinajstić information content (AvgIpc) is 2.24. The van der Waals surface area contributed by atoms with Crippen LogP contribution < -0.4 is 10.6 Å². The van der Waals surface area contributed by atoms with Gasteiger partial charge < -0.3 is 15.4 Å². The molecule has 15 heavy (non-hydrogen) atoms. The molecular weight excluding hydrogens is 212 g/mol. The zero-order valence-corrected chi connectivity index (χ0v) is 10.7. The van der Waals surface area contributed by atoms with E-state index in [1.807, 2.05) is 6.26 Å². The van der Waals surface area contributed by atoms with E-state index < -0.39 is 0 Å². The number of carbonyl (C=O) groups is 1. The molecule has 0 fully saturated rings. The molecular formula is C10H22N2O2S. The van der Waals surface area contributed by atoms with Crippen LogP contribution in [-0.4, -0.2) is 50.8 Å². The SMILES string of the molecule is CCC(CSC)NC(=O)CNCCOC. The standard InChI is InChI=1S/C10H22N2O2S/c1-4-9(8-15-3)12-10(13)7-11-5-6-14-2/h9,11H,4-8H2,1-3H3,(H,12,13). The molecule has 0 rings (SSSR count). The van der Waals surface area contributed by atoms with E-state index in [1.54, 1.807) is 18.9 Å². The van der Waals surface area contributed by atoms with E-state index >= 15 is 0 Å². The molecule has 0 aromatic rings. The lowest BCUT2D eigenvalue weighted by atomic mass is 10.2. The van der Waals surface area contributed by atoms with E-state index in [-0.39, 0.29) is 11.9 Å². The van der Waals surface area contributed by atoms with Gasteiger partial charge in [0.1, 0.15) is 0 Å². The van der Waals surface area contributed by atoms with Crippen molar-refractivity contribution in [3.05, 3.63) is 0 Å². The molecule has 0 aliphatic carbocycles. The Bertz CT molecular complexity index is 168. The second kappa shape index (κ2) is 10.3. The Balaban J connectivity index is 3.52. The number of thioether (sulfide) groups is 1. The Morgan fingerprint density at radius 3 is 2.80 bits per heavy atom. The average molecular weight is 234 g/mol. The van der Waals surface area contributed by atoms with Crippen LogP contribution in [0, 0.1) is 0 Å². The normalized spacial score (nSPS) is 12.5. The summed E-state index contributed by atoms with van der Waals surface area (Å²) in [5.74, 6) is 1.03. The third kappa shape index (κ3) is 8.72. The van der Waals surface area contributed by atoms with Gasteiger partial charge in [-0.3, -0.25) is 4.79 Å². The zero-order valence-electron chi connectivity index (χ0n) is 9.84. The molecule has 1 atom stereocenters. The van der Waals surface area contributed by atoms with Gasteiger partial charge in [-0.2, -0.15) is 11.8 Å². The topological polar surface area (TPSA) is 50.4 Å². The van der Waals surface area contributed by atoms with Gasteiger partial charge in [0.15, 0.2) is 0 Å². The Hall–Kier alpha value is -0.260. The van der Waals surface area contributed by atoms with Gasteiger partial charge in [0.05, 0.1) is 13.2 Å². The van der Waals surface area contributed by atoms with E-state index in [1.165, 1.54) is 0 Å². The summed E-state index contributed by atoms with van der Waals surface area (Å²) in [6, 6.07) is 0.289. The number of methoxy groups -OCH3 is 1.